The van der Waals surface area contributed by atoms with Crippen molar-refractivity contribution >= 4 is 12.0 Å². The normalized spacial score (nSPS) is 36.5. The van der Waals surface area contributed by atoms with Crippen LogP contribution in [0.2, 0.25) is 0 Å². The molecule has 3 fully saturated rings. The fourth-order valence-corrected chi connectivity index (χ4v) is 3.93. The maximum Gasteiger partial charge on any atom is 0.326 e. The number of β-amino-alcohol motifs (C(OH)–C–C–N with tert-alkyl or cyclic N) is 1. The van der Waals surface area contributed by atoms with Crippen LogP contribution < -0.4 is 5.32 Å². The van der Waals surface area contributed by atoms with Crippen LogP contribution in [0.3, 0.4) is 0 Å². The molecule has 4 atom stereocenters. The molecule has 4 unspecified atom stereocenters. The summed E-state index contributed by atoms with van der Waals surface area (Å²) >= 11 is 0. The number of carbonyl (C=O) groups excluding carboxylic acids is 1. The van der Waals surface area contributed by atoms with Crippen molar-refractivity contribution in [2.75, 3.05) is 19.6 Å². The van der Waals surface area contributed by atoms with Crippen molar-refractivity contribution in [2.45, 2.75) is 56.3 Å². The third kappa shape index (κ3) is 2.85. The number of urea groups is 1. The lowest BCUT2D eigenvalue weighted by Crippen LogP contribution is -2.53. The number of amides is 2. The Morgan fingerprint density at radius 2 is 1.95 bits per heavy atom. The molecule has 0 aromatic carbocycles. The van der Waals surface area contributed by atoms with Crippen LogP contribution >= 0.6 is 0 Å². The van der Waals surface area contributed by atoms with E-state index in [1.807, 2.05) is 0 Å². The molecule has 3 saturated heterocycles. The van der Waals surface area contributed by atoms with Crippen LogP contribution in [0, 0.1) is 0 Å². The molecule has 0 radical (unpaired) electrons. The summed E-state index contributed by atoms with van der Waals surface area (Å²) in [6.07, 6.45) is 3.79. The third-order valence-corrected chi connectivity index (χ3v) is 4.99. The first-order valence-corrected chi connectivity index (χ1v) is 7.78. The summed E-state index contributed by atoms with van der Waals surface area (Å²) in [6, 6.07) is -0.774. The van der Waals surface area contributed by atoms with Crippen LogP contribution in [-0.2, 0) is 4.79 Å². The number of carbonyl (C=O) groups is 2. The lowest BCUT2D eigenvalue weighted by Gasteiger charge is -2.33. The third-order valence-electron chi connectivity index (χ3n) is 4.99. The van der Waals surface area contributed by atoms with E-state index < -0.39 is 18.1 Å². The van der Waals surface area contributed by atoms with Gasteiger partial charge in [-0.2, -0.15) is 0 Å². The zero-order valence-electron chi connectivity index (χ0n) is 12.1. The molecule has 118 valence electrons. The van der Waals surface area contributed by atoms with E-state index in [0.29, 0.717) is 6.04 Å². The van der Waals surface area contributed by atoms with Crippen molar-refractivity contribution in [1.29, 1.82) is 0 Å². The van der Waals surface area contributed by atoms with Gasteiger partial charge in [-0.3, -0.25) is 4.90 Å². The summed E-state index contributed by atoms with van der Waals surface area (Å²) in [4.78, 5) is 27.2. The van der Waals surface area contributed by atoms with Gasteiger partial charge < -0.3 is 20.4 Å². The van der Waals surface area contributed by atoms with E-state index in [-0.39, 0.29) is 25.0 Å². The van der Waals surface area contributed by atoms with Crippen LogP contribution in [0.4, 0.5) is 4.79 Å². The molecule has 3 aliphatic heterocycles. The number of rotatable bonds is 2. The second-order valence-electron chi connectivity index (χ2n) is 6.34. The van der Waals surface area contributed by atoms with E-state index >= 15 is 0 Å². The lowest BCUT2D eigenvalue weighted by molar-refractivity contribution is -0.141. The van der Waals surface area contributed by atoms with Gasteiger partial charge >= 0.3 is 12.0 Å². The summed E-state index contributed by atoms with van der Waals surface area (Å²) in [5.41, 5.74) is 0. The van der Waals surface area contributed by atoms with E-state index in [9.17, 15) is 14.7 Å². The van der Waals surface area contributed by atoms with Crippen molar-refractivity contribution in [1.82, 2.24) is 15.1 Å². The first-order chi connectivity index (χ1) is 10.1. The maximum atomic E-state index is 12.4. The van der Waals surface area contributed by atoms with Gasteiger partial charge in [0.25, 0.3) is 0 Å². The smallest absolute Gasteiger partial charge is 0.326 e. The molecule has 0 spiro atoms. The number of nitrogens with one attached hydrogen (secondary N) is 1. The molecule has 2 amide bonds. The summed E-state index contributed by atoms with van der Waals surface area (Å²) < 4.78 is 0. The topological polar surface area (TPSA) is 93.1 Å². The summed E-state index contributed by atoms with van der Waals surface area (Å²) in [5, 5.41) is 21.8. The molecule has 21 heavy (non-hydrogen) atoms. The number of aliphatic carboxylic acids is 1. The quantitative estimate of drug-likeness (QED) is 0.659. The molecule has 3 N–H and O–H groups in total. The lowest BCUT2D eigenvalue weighted by atomic mass is 9.99. The van der Waals surface area contributed by atoms with E-state index in [2.05, 4.69) is 10.2 Å². The van der Waals surface area contributed by atoms with Gasteiger partial charge in [-0.25, -0.2) is 9.59 Å². The van der Waals surface area contributed by atoms with Gasteiger partial charge in [0.05, 0.1) is 6.10 Å². The van der Waals surface area contributed by atoms with Crippen LogP contribution in [0.1, 0.15) is 32.1 Å². The van der Waals surface area contributed by atoms with Crippen molar-refractivity contribution in [3.8, 4) is 0 Å². The highest BCUT2D eigenvalue weighted by molar-refractivity contribution is 5.83. The molecule has 7 heteroatoms. The fraction of sp³-hybridized carbons (Fsp3) is 0.857. The molecular formula is C14H23N3O4. The second-order valence-corrected chi connectivity index (χ2v) is 6.34. The Balaban J connectivity index is 1.62. The number of aliphatic hydroxyl groups is 1. The molecule has 0 bridgehead atoms. The van der Waals surface area contributed by atoms with Crippen molar-refractivity contribution in [3.05, 3.63) is 0 Å². The Kier molecular flexibility index (Phi) is 4.03. The predicted octanol–water partition coefficient (Wildman–Crippen LogP) is -0.157. The van der Waals surface area contributed by atoms with Gasteiger partial charge in [0.15, 0.2) is 0 Å². The van der Waals surface area contributed by atoms with E-state index in [4.69, 9.17) is 5.11 Å². The molecule has 0 aliphatic carbocycles. The van der Waals surface area contributed by atoms with Crippen molar-refractivity contribution in [2.24, 2.45) is 0 Å². The minimum atomic E-state index is -1.05. The summed E-state index contributed by atoms with van der Waals surface area (Å²) in [5.74, 6) is -1.05. The average Bonchev–Trinajstić information content (AvgIpc) is 3.03. The SMILES string of the molecule is O=C(O)C1CC(O)CN1C(=O)NC1CCN2CCCCC12. The molecule has 3 aliphatic rings. The number of carboxylic acid groups (broad SMARTS) is 1. The predicted molar refractivity (Wildman–Crippen MR) is 74.9 cm³/mol. The zero-order chi connectivity index (χ0) is 15.0. The first-order valence-electron chi connectivity index (χ1n) is 7.78. The zero-order valence-corrected chi connectivity index (χ0v) is 12.1. The largest absolute Gasteiger partial charge is 0.480 e. The minimum Gasteiger partial charge on any atom is -0.480 e. The number of hydrogen-bond acceptors (Lipinski definition) is 4. The second kappa shape index (κ2) is 5.81. The van der Waals surface area contributed by atoms with Gasteiger partial charge in [-0.1, -0.05) is 6.42 Å². The van der Waals surface area contributed by atoms with Crippen LogP contribution in [0.15, 0.2) is 0 Å². The number of nitrogens with zero attached hydrogens (tertiary/aromatic N) is 2. The highest BCUT2D eigenvalue weighted by atomic mass is 16.4. The van der Waals surface area contributed by atoms with Gasteiger partial charge in [0.1, 0.15) is 6.04 Å². The molecule has 0 saturated carbocycles. The number of fused-ring (bicyclic) bond motifs is 1. The number of piperidine rings is 1. The fourth-order valence-electron chi connectivity index (χ4n) is 3.93. The first kappa shape index (κ1) is 14.6. The molecule has 3 rings (SSSR count). The van der Waals surface area contributed by atoms with Crippen molar-refractivity contribution < 1.29 is 19.8 Å². The number of carboxylic acids is 1. The average molecular weight is 297 g/mol. The van der Waals surface area contributed by atoms with Crippen molar-refractivity contribution in [3.63, 3.8) is 0 Å². The Morgan fingerprint density at radius 3 is 2.71 bits per heavy atom. The molecular weight excluding hydrogens is 274 g/mol. The van der Waals surface area contributed by atoms with Crippen LogP contribution in [0.5, 0.6) is 0 Å². The van der Waals surface area contributed by atoms with E-state index in [0.717, 1.165) is 25.9 Å². The monoisotopic (exact) mass is 297 g/mol. The Bertz CT molecular complexity index is 430. The summed E-state index contributed by atoms with van der Waals surface area (Å²) in [6.45, 7) is 2.20. The number of hydrogen-bond donors (Lipinski definition) is 3. The van der Waals surface area contributed by atoms with Gasteiger partial charge in [0.2, 0.25) is 0 Å². The van der Waals surface area contributed by atoms with Crippen LogP contribution in [0.25, 0.3) is 0 Å². The Hall–Kier alpha value is -1.34. The van der Waals surface area contributed by atoms with Gasteiger partial charge in [-0.05, 0) is 25.8 Å². The highest BCUT2D eigenvalue weighted by Gasteiger charge is 2.42. The Morgan fingerprint density at radius 1 is 1.14 bits per heavy atom. The molecule has 3 heterocycles. The standard InChI is InChI=1S/C14H23N3O4/c18-9-7-12(13(19)20)17(8-9)14(21)15-10-4-6-16-5-2-1-3-11(10)16/h9-12,18H,1-8H2,(H,15,21)(H,19,20). The number of aliphatic hydroxyl groups excluding tert-OH is 1. The van der Waals surface area contributed by atoms with Gasteiger partial charge in [0, 0.05) is 31.6 Å². The van der Waals surface area contributed by atoms with E-state index in [1.54, 1.807) is 0 Å². The highest BCUT2D eigenvalue weighted by Crippen LogP contribution is 2.27. The maximum absolute atomic E-state index is 12.4. The van der Waals surface area contributed by atoms with Gasteiger partial charge in [-0.15, -0.1) is 0 Å². The summed E-state index contributed by atoms with van der Waals surface area (Å²) in [7, 11) is 0. The van der Waals surface area contributed by atoms with Crippen LogP contribution in [-0.4, -0.2) is 75.9 Å². The minimum absolute atomic E-state index is 0.101. The Labute approximate surface area is 123 Å². The molecule has 7 nitrogen and oxygen atoms in total. The molecule has 0 aromatic rings. The van der Waals surface area contributed by atoms with E-state index in [1.165, 1.54) is 17.7 Å². The molecule has 0 aromatic heterocycles. The number of likely N-dealkylation sites (tertiary alicyclic amines) is 1.